The highest BCUT2D eigenvalue weighted by atomic mass is 15.8. The van der Waals surface area contributed by atoms with Crippen molar-refractivity contribution < 1.29 is 0 Å². The molecular formula is C13H25N5. The quantitative estimate of drug-likeness (QED) is 0.811. The molecule has 0 aromatic heterocycles. The molecule has 5 nitrogen and oxygen atoms in total. The molecule has 2 N–H and O–H groups in total. The molecule has 1 heterocycles. The predicted molar refractivity (Wildman–Crippen MR) is 70.5 cm³/mol. The van der Waals surface area contributed by atoms with E-state index >= 15 is 0 Å². The fraction of sp³-hybridized carbons (Fsp3) is 1.00. The van der Waals surface area contributed by atoms with Crippen molar-refractivity contribution in [2.24, 2.45) is 10.3 Å². The van der Waals surface area contributed by atoms with E-state index < -0.39 is 0 Å². The monoisotopic (exact) mass is 251 g/mol. The van der Waals surface area contributed by atoms with Gasteiger partial charge >= 0.3 is 0 Å². The number of rotatable bonds is 3. The highest BCUT2D eigenvalue weighted by Crippen LogP contribution is 2.25. The third-order valence-electron chi connectivity index (χ3n) is 4.55. The Balaban J connectivity index is 1.54. The maximum absolute atomic E-state index is 4.32. The zero-order chi connectivity index (χ0) is 12.2. The molecular weight excluding hydrogens is 226 g/mol. The Morgan fingerprint density at radius 2 is 1.56 bits per heavy atom. The van der Waals surface area contributed by atoms with Crippen LogP contribution in [0.4, 0.5) is 0 Å². The largest absolute Gasteiger partial charge is 0.277 e. The summed E-state index contributed by atoms with van der Waals surface area (Å²) in [6, 6.07) is 1.24. The van der Waals surface area contributed by atoms with Crippen LogP contribution in [0.25, 0.3) is 0 Å². The highest BCUT2D eigenvalue weighted by molar-refractivity contribution is 4.81. The van der Waals surface area contributed by atoms with Gasteiger partial charge < -0.3 is 0 Å². The van der Waals surface area contributed by atoms with Gasteiger partial charge in [0.2, 0.25) is 0 Å². The van der Waals surface area contributed by atoms with Gasteiger partial charge in [-0.3, -0.25) is 5.32 Å². The molecule has 0 aromatic carbocycles. The van der Waals surface area contributed by atoms with Crippen LogP contribution in [0.15, 0.2) is 10.3 Å². The van der Waals surface area contributed by atoms with E-state index in [9.17, 15) is 0 Å². The average Bonchev–Trinajstić information content (AvgIpc) is 2.89. The molecule has 18 heavy (non-hydrogen) atoms. The molecule has 0 amide bonds. The standard InChI is InChI=1S/C13H25N5/c1-3-7-11(8-4-1)14-13-15-16-17-18(13)12-9-5-2-6-10-12/h11-14H,1-10H2,(H,15,17)/t13-/m1/s1. The fourth-order valence-electron chi connectivity index (χ4n) is 3.48. The summed E-state index contributed by atoms with van der Waals surface area (Å²) in [5.74, 6) is 0. The fourth-order valence-corrected chi connectivity index (χ4v) is 3.48. The summed E-state index contributed by atoms with van der Waals surface area (Å²) in [7, 11) is 0. The molecule has 2 saturated carbocycles. The van der Waals surface area contributed by atoms with Crippen LogP contribution >= 0.6 is 0 Å². The lowest BCUT2D eigenvalue weighted by Gasteiger charge is -2.35. The van der Waals surface area contributed by atoms with Crippen LogP contribution in [0.1, 0.15) is 64.2 Å². The SMILES string of the molecule is C1CCC(N[C@@H]2N=NNN2C2CCCCC2)CC1. The minimum atomic E-state index is 0.0659. The second-order valence-electron chi connectivity index (χ2n) is 5.89. The van der Waals surface area contributed by atoms with Crippen molar-refractivity contribution in [1.82, 2.24) is 15.9 Å². The Morgan fingerprint density at radius 3 is 2.28 bits per heavy atom. The van der Waals surface area contributed by atoms with Gasteiger partial charge in [0, 0.05) is 12.1 Å². The van der Waals surface area contributed by atoms with Crippen molar-refractivity contribution in [1.29, 1.82) is 0 Å². The molecule has 102 valence electrons. The highest BCUT2D eigenvalue weighted by Gasteiger charge is 2.32. The first kappa shape index (κ1) is 12.4. The summed E-state index contributed by atoms with van der Waals surface area (Å²) < 4.78 is 0. The summed E-state index contributed by atoms with van der Waals surface area (Å²) in [5, 5.41) is 14.3. The van der Waals surface area contributed by atoms with Crippen LogP contribution < -0.4 is 10.9 Å². The lowest BCUT2D eigenvalue weighted by Crippen LogP contribution is -2.54. The van der Waals surface area contributed by atoms with Gasteiger partial charge in [0.1, 0.15) is 0 Å². The number of nitrogens with zero attached hydrogens (tertiary/aromatic N) is 3. The van der Waals surface area contributed by atoms with E-state index in [2.05, 4.69) is 26.2 Å². The van der Waals surface area contributed by atoms with Crippen molar-refractivity contribution in [3.8, 4) is 0 Å². The summed E-state index contributed by atoms with van der Waals surface area (Å²) in [6.45, 7) is 0. The molecule has 0 spiro atoms. The van der Waals surface area contributed by atoms with Crippen LogP contribution in [0, 0.1) is 0 Å². The third-order valence-corrected chi connectivity index (χ3v) is 4.55. The van der Waals surface area contributed by atoms with E-state index in [1.807, 2.05) is 0 Å². The summed E-state index contributed by atoms with van der Waals surface area (Å²) >= 11 is 0. The minimum Gasteiger partial charge on any atom is -0.277 e. The number of nitrogens with one attached hydrogen (secondary N) is 2. The third kappa shape index (κ3) is 2.83. The van der Waals surface area contributed by atoms with E-state index in [0.717, 1.165) is 0 Å². The minimum absolute atomic E-state index is 0.0659. The van der Waals surface area contributed by atoms with Crippen molar-refractivity contribution in [3.05, 3.63) is 0 Å². The summed E-state index contributed by atoms with van der Waals surface area (Å²) in [5.41, 5.74) is 3.10. The average molecular weight is 251 g/mol. The van der Waals surface area contributed by atoms with Gasteiger partial charge in [-0.1, -0.05) is 43.7 Å². The van der Waals surface area contributed by atoms with Crippen LogP contribution in [0.2, 0.25) is 0 Å². The molecule has 0 aromatic rings. The Bertz CT molecular complexity index is 281. The van der Waals surface area contributed by atoms with Gasteiger partial charge in [-0.05, 0) is 25.7 Å². The second kappa shape index (κ2) is 5.97. The van der Waals surface area contributed by atoms with Gasteiger partial charge in [-0.25, -0.2) is 5.53 Å². The molecule has 0 saturated heterocycles. The predicted octanol–water partition coefficient (Wildman–Crippen LogP) is 2.71. The molecule has 1 aliphatic heterocycles. The summed E-state index contributed by atoms with van der Waals surface area (Å²) in [6.07, 6.45) is 13.4. The van der Waals surface area contributed by atoms with E-state index in [-0.39, 0.29) is 6.29 Å². The smallest absolute Gasteiger partial charge is 0.196 e. The zero-order valence-electron chi connectivity index (χ0n) is 11.1. The van der Waals surface area contributed by atoms with E-state index in [1.54, 1.807) is 0 Å². The van der Waals surface area contributed by atoms with E-state index in [4.69, 9.17) is 0 Å². The van der Waals surface area contributed by atoms with Crippen LogP contribution in [-0.4, -0.2) is 23.4 Å². The second-order valence-corrected chi connectivity index (χ2v) is 5.89. The van der Waals surface area contributed by atoms with E-state index in [1.165, 1.54) is 64.2 Å². The zero-order valence-corrected chi connectivity index (χ0v) is 11.1. The first-order valence-electron chi connectivity index (χ1n) is 7.63. The topological polar surface area (TPSA) is 52.0 Å². The molecule has 2 fully saturated rings. The van der Waals surface area contributed by atoms with Crippen LogP contribution in [-0.2, 0) is 0 Å². The number of hydrogen-bond acceptors (Lipinski definition) is 5. The van der Waals surface area contributed by atoms with Crippen LogP contribution in [0.3, 0.4) is 0 Å². The van der Waals surface area contributed by atoms with Gasteiger partial charge in [0.25, 0.3) is 0 Å². The van der Waals surface area contributed by atoms with Crippen LogP contribution in [0.5, 0.6) is 0 Å². The first-order chi connectivity index (χ1) is 8.93. The molecule has 3 rings (SSSR count). The number of hydrazine groups is 1. The van der Waals surface area contributed by atoms with Crippen molar-refractivity contribution in [3.63, 3.8) is 0 Å². The molecule has 3 aliphatic rings. The number of hydrogen-bond donors (Lipinski definition) is 2. The first-order valence-corrected chi connectivity index (χ1v) is 7.63. The Labute approximate surface area is 109 Å². The molecule has 0 bridgehead atoms. The van der Waals surface area contributed by atoms with E-state index in [0.29, 0.717) is 12.1 Å². The molecule has 0 unspecified atom stereocenters. The van der Waals surface area contributed by atoms with Crippen molar-refractivity contribution in [2.45, 2.75) is 82.6 Å². The van der Waals surface area contributed by atoms with Gasteiger partial charge in [0.15, 0.2) is 6.29 Å². The molecule has 2 aliphatic carbocycles. The Morgan fingerprint density at radius 1 is 0.889 bits per heavy atom. The van der Waals surface area contributed by atoms with Crippen molar-refractivity contribution >= 4 is 0 Å². The maximum Gasteiger partial charge on any atom is 0.196 e. The van der Waals surface area contributed by atoms with Gasteiger partial charge in [0.05, 0.1) is 0 Å². The molecule has 1 atom stereocenters. The maximum atomic E-state index is 4.32. The molecule has 0 radical (unpaired) electrons. The Hall–Kier alpha value is -0.680. The molecule has 5 heteroatoms. The van der Waals surface area contributed by atoms with Crippen molar-refractivity contribution in [2.75, 3.05) is 0 Å². The lowest BCUT2D eigenvalue weighted by atomic mass is 9.94. The lowest BCUT2D eigenvalue weighted by molar-refractivity contribution is 0.0563. The van der Waals surface area contributed by atoms with Gasteiger partial charge in [-0.15, -0.1) is 5.11 Å². The Kier molecular flexibility index (Phi) is 4.10. The van der Waals surface area contributed by atoms with Gasteiger partial charge in [-0.2, -0.15) is 5.01 Å². The summed E-state index contributed by atoms with van der Waals surface area (Å²) in [4.78, 5) is 0. The normalized spacial score (nSPS) is 31.7.